The van der Waals surface area contributed by atoms with E-state index in [-0.39, 0.29) is 17.5 Å². The average molecular weight is 292 g/mol. The zero-order valence-electron chi connectivity index (χ0n) is 11.8. The van der Waals surface area contributed by atoms with Gasteiger partial charge in [0.1, 0.15) is 11.9 Å². The van der Waals surface area contributed by atoms with Crippen molar-refractivity contribution in [2.45, 2.75) is 31.8 Å². The van der Waals surface area contributed by atoms with Crippen molar-refractivity contribution in [3.05, 3.63) is 29.8 Å². The predicted octanol–water partition coefficient (Wildman–Crippen LogP) is 3.07. The number of esters is 1. The van der Waals surface area contributed by atoms with Crippen LogP contribution in [0.2, 0.25) is 0 Å². The monoisotopic (exact) mass is 292 g/mol. The molecule has 1 aromatic rings. The Morgan fingerprint density at radius 1 is 1.45 bits per heavy atom. The third-order valence-corrected chi connectivity index (χ3v) is 5.55. The van der Waals surface area contributed by atoms with E-state index in [0.29, 0.717) is 6.42 Å². The van der Waals surface area contributed by atoms with Gasteiger partial charge in [-0.15, -0.1) is 0 Å². The Morgan fingerprint density at radius 2 is 2.25 bits per heavy atom. The van der Waals surface area contributed by atoms with Crippen molar-refractivity contribution in [1.82, 2.24) is 0 Å². The lowest BCUT2D eigenvalue weighted by atomic mass is 10.1. The first-order valence-corrected chi connectivity index (χ1v) is 8.25. The predicted molar refractivity (Wildman–Crippen MR) is 80.2 cm³/mol. The molecule has 1 atom stereocenters. The molecule has 0 amide bonds. The molecule has 1 heterocycles. The van der Waals surface area contributed by atoms with Gasteiger partial charge in [0.25, 0.3) is 0 Å². The van der Waals surface area contributed by atoms with E-state index in [1.807, 2.05) is 23.9 Å². The van der Waals surface area contributed by atoms with Gasteiger partial charge in [0, 0.05) is 12.2 Å². The summed E-state index contributed by atoms with van der Waals surface area (Å²) in [6.07, 6.45) is 4.17. The molecule has 1 aromatic carbocycles. The third-order valence-electron chi connectivity index (χ3n) is 4.13. The second-order valence-electron chi connectivity index (χ2n) is 5.82. The summed E-state index contributed by atoms with van der Waals surface area (Å²) in [6, 6.07) is 8.26. The summed E-state index contributed by atoms with van der Waals surface area (Å²) in [4.78, 5) is 11.4. The van der Waals surface area contributed by atoms with Crippen LogP contribution in [-0.2, 0) is 16.0 Å². The Labute approximate surface area is 124 Å². The molecule has 0 bridgehead atoms. The van der Waals surface area contributed by atoms with E-state index in [2.05, 4.69) is 12.1 Å². The van der Waals surface area contributed by atoms with Gasteiger partial charge in [0.15, 0.2) is 0 Å². The molecule has 1 fully saturated rings. The van der Waals surface area contributed by atoms with Crippen LogP contribution in [0.3, 0.4) is 0 Å². The zero-order chi connectivity index (χ0) is 14.0. The van der Waals surface area contributed by atoms with Gasteiger partial charge in [-0.05, 0) is 35.6 Å². The molecule has 1 aliphatic heterocycles. The van der Waals surface area contributed by atoms with E-state index >= 15 is 0 Å². The first kappa shape index (κ1) is 13.8. The SMILES string of the molecule is COC(=O)CC1(CSCC2Cc3ccccc3O2)CC1. The summed E-state index contributed by atoms with van der Waals surface area (Å²) < 4.78 is 10.7. The molecule has 1 unspecified atom stereocenters. The van der Waals surface area contributed by atoms with Crippen LogP contribution in [-0.4, -0.2) is 30.7 Å². The topological polar surface area (TPSA) is 35.5 Å². The van der Waals surface area contributed by atoms with Crippen LogP contribution >= 0.6 is 11.8 Å². The largest absolute Gasteiger partial charge is 0.489 e. The number of carbonyl (C=O) groups excluding carboxylic acids is 1. The lowest BCUT2D eigenvalue weighted by Crippen LogP contribution is -2.19. The minimum absolute atomic E-state index is 0.0763. The van der Waals surface area contributed by atoms with Gasteiger partial charge in [-0.2, -0.15) is 11.8 Å². The van der Waals surface area contributed by atoms with Crippen molar-refractivity contribution < 1.29 is 14.3 Å². The molecular weight excluding hydrogens is 272 g/mol. The van der Waals surface area contributed by atoms with Crippen LogP contribution in [0.4, 0.5) is 0 Å². The lowest BCUT2D eigenvalue weighted by Gasteiger charge is -2.15. The summed E-state index contributed by atoms with van der Waals surface area (Å²) in [5, 5.41) is 0. The highest BCUT2D eigenvalue weighted by molar-refractivity contribution is 7.99. The minimum Gasteiger partial charge on any atom is -0.489 e. The van der Waals surface area contributed by atoms with Crippen LogP contribution in [0.25, 0.3) is 0 Å². The number of ether oxygens (including phenoxy) is 2. The number of hydrogen-bond donors (Lipinski definition) is 0. The normalized spacial score (nSPS) is 21.9. The van der Waals surface area contributed by atoms with Crippen LogP contribution in [0, 0.1) is 5.41 Å². The summed E-state index contributed by atoms with van der Waals surface area (Å²) in [7, 11) is 1.47. The fourth-order valence-electron chi connectivity index (χ4n) is 2.68. The molecule has 0 N–H and O–H groups in total. The van der Waals surface area contributed by atoms with Gasteiger partial charge in [0.2, 0.25) is 0 Å². The molecule has 0 aromatic heterocycles. The maximum Gasteiger partial charge on any atom is 0.306 e. The van der Waals surface area contributed by atoms with Gasteiger partial charge in [-0.25, -0.2) is 0 Å². The molecule has 0 radical (unpaired) electrons. The third kappa shape index (κ3) is 3.11. The molecule has 0 spiro atoms. The second-order valence-corrected chi connectivity index (χ2v) is 6.85. The van der Waals surface area contributed by atoms with E-state index in [9.17, 15) is 4.79 Å². The maximum absolute atomic E-state index is 11.4. The van der Waals surface area contributed by atoms with E-state index in [4.69, 9.17) is 9.47 Å². The lowest BCUT2D eigenvalue weighted by molar-refractivity contribution is -0.141. The number of carbonyl (C=O) groups is 1. The van der Waals surface area contributed by atoms with Crippen molar-refractivity contribution in [3.63, 3.8) is 0 Å². The van der Waals surface area contributed by atoms with E-state index in [1.54, 1.807) is 0 Å². The molecule has 2 aliphatic rings. The molecule has 0 saturated heterocycles. The highest BCUT2D eigenvalue weighted by Crippen LogP contribution is 2.51. The Morgan fingerprint density at radius 3 is 2.95 bits per heavy atom. The highest BCUT2D eigenvalue weighted by atomic mass is 32.2. The quantitative estimate of drug-likeness (QED) is 0.755. The fourth-order valence-corrected chi connectivity index (χ4v) is 4.07. The van der Waals surface area contributed by atoms with Gasteiger partial charge in [0.05, 0.1) is 13.5 Å². The number of rotatable bonds is 6. The van der Waals surface area contributed by atoms with E-state index in [0.717, 1.165) is 36.5 Å². The van der Waals surface area contributed by atoms with Crippen molar-refractivity contribution >= 4 is 17.7 Å². The average Bonchev–Trinajstić information content (AvgIpc) is 3.07. The summed E-state index contributed by atoms with van der Waals surface area (Å²) >= 11 is 1.91. The van der Waals surface area contributed by atoms with Gasteiger partial charge in [-0.3, -0.25) is 4.79 Å². The first-order chi connectivity index (χ1) is 9.71. The first-order valence-electron chi connectivity index (χ1n) is 7.10. The van der Waals surface area contributed by atoms with Crippen LogP contribution < -0.4 is 4.74 Å². The molecule has 20 heavy (non-hydrogen) atoms. The maximum atomic E-state index is 11.4. The number of hydrogen-bond acceptors (Lipinski definition) is 4. The standard InChI is InChI=1S/C16H20O3S/c1-18-15(17)9-16(6-7-16)11-20-10-13-8-12-4-2-3-5-14(12)19-13/h2-5,13H,6-11H2,1H3. The van der Waals surface area contributed by atoms with Crippen LogP contribution in [0.15, 0.2) is 24.3 Å². The second kappa shape index (κ2) is 5.68. The summed E-state index contributed by atoms with van der Waals surface area (Å²) in [5.41, 5.74) is 1.53. The number of methoxy groups -OCH3 is 1. The van der Waals surface area contributed by atoms with Crippen molar-refractivity contribution in [1.29, 1.82) is 0 Å². The molecule has 1 aliphatic carbocycles. The highest BCUT2D eigenvalue weighted by Gasteiger charge is 2.44. The van der Waals surface area contributed by atoms with Crippen molar-refractivity contribution in [2.24, 2.45) is 5.41 Å². The van der Waals surface area contributed by atoms with Gasteiger partial charge >= 0.3 is 5.97 Å². The molecule has 3 nitrogen and oxygen atoms in total. The fraction of sp³-hybridized carbons (Fsp3) is 0.562. The Balaban J connectivity index is 1.42. The molecule has 4 heteroatoms. The number of para-hydroxylation sites is 1. The molecule has 3 rings (SSSR count). The van der Waals surface area contributed by atoms with Gasteiger partial charge < -0.3 is 9.47 Å². The minimum atomic E-state index is -0.0763. The molecular formula is C16H20O3S. The van der Waals surface area contributed by atoms with Crippen LogP contribution in [0.1, 0.15) is 24.8 Å². The van der Waals surface area contributed by atoms with Crippen LogP contribution in [0.5, 0.6) is 5.75 Å². The Hall–Kier alpha value is -1.16. The number of fused-ring (bicyclic) bond motifs is 1. The number of benzene rings is 1. The smallest absolute Gasteiger partial charge is 0.306 e. The summed E-state index contributed by atoms with van der Waals surface area (Å²) in [6.45, 7) is 0. The number of thioether (sulfide) groups is 1. The Kier molecular flexibility index (Phi) is 3.92. The van der Waals surface area contributed by atoms with E-state index < -0.39 is 0 Å². The molecule has 108 valence electrons. The molecule has 1 saturated carbocycles. The van der Waals surface area contributed by atoms with Crippen molar-refractivity contribution in [3.8, 4) is 5.75 Å². The zero-order valence-corrected chi connectivity index (χ0v) is 12.6. The summed E-state index contributed by atoms with van der Waals surface area (Å²) in [5.74, 6) is 3.00. The van der Waals surface area contributed by atoms with Crippen molar-refractivity contribution in [2.75, 3.05) is 18.6 Å². The Bertz CT molecular complexity index is 471. The van der Waals surface area contributed by atoms with Gasteiger partial charge in [-0.1, -0.05) is 18.2 Å². The van der Waals surface area contributed by atoms with E-state index in [1.165, 1.54) is 12.7 Å².